The lowest BCUT2D eigenvalue weighted by atomic mass is 9.75. The van der Waals surface area contributed by atoms with E-state index in [2.05, 4.69) is 56.2 Å². The van der Waals surface area contributed by atoms with Crippen LogP contribution >= 0.6 is 24.2 Å². The zero-order chi connectivity index (χ0) is 22.6. The lowest BCUT2D eigenvalue weighted by molar-refractivity contribution is -0.132. The summed E-state index contributed by atoms with van der Waals surface area (Å²) in [6, 6.07) is 8.47. The van der Waals surface area contributed by atoms with Crippen molar-refractivity contribution in [1.82, 2.24) is 4.72 Å². The number of thiol groups is 1. The van der Waals surface area contributed by atoms with Crippen LogP contribution in [-0.2, 0) is 24.2 Å². The Balaban J connectivity index is 1.88. The Morgan fingerprint density at radius 3 is 2.71 bits per heavy atom. The number of nitrogens with zero attached hydrogens (tertiary/aromatic N) is 2. The van der Waals surface area contributed by atoms with Crippen LogP contribution in [0.4, 0.5) is 5.69 Å². The number of nitrogens with one attached hydrogen (secondary N) is 1. The number of β-lactam (4-membered cyclic amide) rings is 1. The summed E-state index contributed by atoms with van der Waals surface area (Å²) in [6.07, 6.45) is 3.12. The first-order chi connectivity index (χ1) is 14.6. The van der Waals surface area contributed by atoms with Crippen molar-refractivity contribution in [3.8, 4) is 16.5 Å². The van der Waals surface area contributed by atoms with E-state index in [0.717, 1.165) is 46.5 Å². The van der Waals surface area contributed by atoms with E-state index >= 15 is 0 Å². The molecule has 1 amide bonds. The van der Waals surface area contributed by atoms with Gasteiger partial charge in [-0.15, -0.1) is 11.3 Å². The second-order valence-corrected chi connectivity index (χ2v) is 11.5. The highest BCUT2D eigenvalue weighted by Crippen LogP contribution is 2.48. The molecule has 2 heterocycles. The SMILES string of the molecule is C=C(C#N)c1c(-c2cc(N3CC(C)(C)C3=O)ccc2CNS)sc2c1CC(C)(C)CC2. The predicted octanol–water partition coefficient (Wildman–Crippen LogP) is 5.77. The first-order valence-electron chi connectivity index (χ1n) is 10.6. The fourth-order valence-electron chi connectivity index (χ4n) is 4.69. The lowest BCUT2D eigenvalue weighted by Gasteiger charge is -2.44. The molecule has 0 bridgehead atoms. The van der Waals surface area contributed by atoms with Gasteiger partial charge in [0.2, 0.25) is 5.91 Å². The number of allylic oxidation sites excluding steroid dienone is 1. The predicted molar refractivity (Wildman–Crippen MR) is 132 cm³/mol. The van der Waals surface area contributed by atoms with E-state index in [0.29, 0.717) is 18.7 Å². The van der Waals surface area contributed by atoms with Crippen molar-refractivity contribution in [2.45, 2.75) is 53.5 Å². The number of carbonyl (C=O) groups excluding carboxylic acids is 1. The molecule has 0 atom stereocenters. The molecule has 1 saturated heterocycles. The van der Waals surface area contributed by atoms with E-state index in [4.69, 9.17) is 0 Å². The first-order valence-corrected chi connectivity index (χ1v) is 11.9. The van der Waals surface area contributed by atoms with Gasteiger partial charge in [0.25, 0.3) is 0 Å². The van der Waals surface area contributed by atoms with Crippen LogP contribution in [0, 0.1) is 22.2 Å². The summed E-state index contributed by atoms with van der Waals surface area (Å²) in [5, 5.41) is 9.74. The van der Waals surface area contributed by atoms with Gasteiger partial charge in [0.15, 0.2) is 0 Å². The Labute approximate surface area is 194 Å². The molecule has 0 radical (unpaired) electrons. The summed E-state index contributed by atoms with van der Waals surface area (Å²) in [5.41, 5.74) is 5.74. The number of fused-ring (bicyclic) bond motifs is 1. The van der Waals surface area contributed by atoms with Crippen LogP contribution in [0.25, 0.3) is 16.0 Å². The molecule has 4 nitrogen and oxygen atoms in total. The van der Waals surface area contributed by atoms with Gasteiger partial charge in [0, 0.05) is 34.1 Å². The first kappa shape index (κ1) is 22.1. The number of anilines is 1. The highest BCUT2D eigenvalue weighted by Gasteiger charge is 2.45. The number of rotatable bonds is 5. The molecule has 2 aromatic rings. The zero-order valence-corrected chi connectivity index (χ0v) is 20.3. The molecular formula is C25H29N3OS2. The third-order valence-electron chi connectivity index (χ3n) is 6.51. The van der Waals surface area contributed by atoms with E-state index in [-0.39, 0.29) is 16.7 Å². The normalized spacial score (nSPS) is 18.8. The Hall–Kier alpha value is -2.07. The summed E-state index contributed by atoms with van der Waals surface area (Å²) in [5.74, 6) is 0.146. The van der Waals surface area contributed by atoms with Crippen molar-refractivity contribution in [3.63, 3.8) is 0 Å². The van der Waals surface area contributed by atoms with Crippen LogP contribution in [0.3, 0.4) is 0 Å². The van der Waals surface area contributed by atoms with Crippen LogP contribution in [0.5, 0.6) is 0 Å². The molecule has 0 saturated carbocycles. The molecule has 162 valence electrons. The fourth-order valence-corrected chi connectivity index (χ4v) is 6.25. The molecule has 1 aromatic heterocycles. The van der Waals surface area contributed by atoms with E-state index in [9.17, 15) is 10.1 Å². The van der Waals surface area contributed by atoms with Crippen molar-refractivity contribution in [2.75, 3.05) is 11.4 Å². The van der Waals surface area contributed by atoms with E-state index in [1.807, 2.05) is 24.8 Å². The molecule has 1 aromatic carbocycles. The maximum Gasteiger partial charge on any atom is 0.234 e. The Bertz CT molecular complexity index is 1120. The van der Waals surface area contributed by atoms with Crippen molar-refractivity contribution in [1.29, 1.82) is 5.26 Å². The minimum absolute atomic E-state index is 0.146. The molecule has 0 spiro atoms. The molecule has 1 fully saturated rings. The summed E-state index contributed by atoms with van der Waals surface area (Å²) in [4.78, 5) is 16.9. The standard InChI is InChI=1S/C25H29N3OS2/c1-15(12-26)21-19-11-24(2,3)9-8-20(19)31-22(21)18-10-17(7-6-16(18)13-27-30)28-14-25(4,5)23(28)29/h6-7,10,27,30H,1,8-9,11,13-14H2,2-5H3. The van der Waals surface area contributed by atoms with Gasteiger partial charge in [-0.2, -0.15) is 5.26 Å². The second kappa shape index (κ2) is 7.81. The van der Waals surface area contributed by atoms with Gasteiger partial charge in [-0.05, 0) is 67.3 Å². The number of aryl methyl sites for hydroxylation is 1. The lowest BCUT2D eigenvalue weighted by Crippen LogP contribution is -2.58. The molecule has 0 unspecified atom stereocenters. The number of thiophene rings is 1. The van der Waals surface area contributed by atoms with Gasteiger partial charge in [-0.1, -0.05) is 39.3 Å². The van der Waals surface area contributed by atoms with Crippen LogP contribution in [0.15, 0.2) is 24.8 Å². The van der Waals surface area contributed by atoms with Crippen molar-refractivity contribution in [2.24, 2.45) is 10.8 Å². The van der Waals surface area contributed by atoms with Crippen LogP contribution in [0.2, 0.25) is 0 Å². The smallest absolute Gasteiger partial charge is 0.234 e. The number of hydrogen-bond donors (Lipinski definition) is 2. The number of benzene rings is 1. The minimum Gasteiger partial charge on any atom is -0.311 e. The monoisotopic (exact) mass is 451 g/mol. The Morgan fingerprint density at radius 1 is 1.35 bits per heavy atom. The summed E-state index contributed by atoms with van der Waals surface area (Å²) >= 11 is 6.00. The quantitative estimate of drug-likeness (QED) is 0.344. The highest BCUT2D eigenvalue weighted by molar-refractivity contribution is 7.78. The van der Waals surface area contributed by atoms with Gasteiger partial charge in [0.05, 0.1) is 17.1 Å². The number of carbonyl (C=O) groups is 1. The average molecular weight is 452 g/mol. The van der Waals surface area contributed by atoms with Gasteiger partial charge in [-0.3, -0.25) is 9.52 Å². The summed E-state index contributed by atoms with van der Waals surface area (Å²) in [7, 11) is 0. The van der Waals surface area contributed by atoms with Gasteiger partial charge >= 0.3 is 0 Å². The number of hydrogen-bond acceptors (Lipinski definition) is 5. The van der Waals surface area contributed by atoms with Gasteiger partial charge < -0.3 is 4.90 Å². The summed E-state index contributed by atoms with van der Waals surface area (Å²) in [6.45, 7) is 13.9. The van der Waals surface area contributed by atoms with Crippen molar-refractivity contribution < 1.29 is 4.79 Å². The van der Waals surface area contributed by atoms with Crippen molar-refractivity contribution >= 4 is 41.3 Å². The summed E-state index contributed by atoms with van der Waals surface area (Å²) < 4.78 is 2.96. The Morgan fingerprint density at radius 2 is 2.10 bits per heavy atom. The molecule has 1 aliphatic carbocycles. The second-order valence-electron chi connectivity index (χ2n) is 10.1. The zero-order valence-electron chi connectivity index (χ0n) is 18.6. The number of nitriles is 1. The van der Waals surface area contributed by atoms with E-state index in [1.54, 1.807) is 11.3 Å². The molecular weight excluding hydrogens is 422 g/mol. The topological polar surface area (TPSA) is 56.1 Å². The highest BCUT2D eigenvalue weighted by atomic mass is 32.1. The third kappa shape index (κ3) is 3.84. The molecule has 31 heavy (non-hydrogen) atoms. The Kier molecular flexibility index (Phi) is 5.58. The number of amides is 1. The third-order valence-corrected chi connectivity index (χ3v) is 7.99. The maximum absolute atomic E-state index is 12.6. The molecule has 2 aliphatic rings. The van der Waals surface area contributed by atoms with E-state index in [1.165, 1.54) is 10.4 Å². The van der Waals surface area contributed by atoms with Gasteiger partial charge in [-0.25, -0.2) is 0 Å². The molecule has 6 heteroatoms. The van der Waals surface area contributed by atoms with Gasteiger partial charge in [0.1, 0.15) is 0 Å². The maximum atomic E-state index is 12.6. The average Bonchev–Trinajstić information content (AvgIpc) is 3.09. The van der Waals surface area contributed by atoms with Crippen LogP contribution in [0.1, 0.15) is 55.7 Å². The largest absolute Gasteiger partial charge is 0.311 e. The molecule has 4 rings (SSSR count). The van der Waals surface area contributed by atoms with Crippen LogP contribution in [-0.4, -0.2) is 12.5 Å². The van der Waals surface area contributed by atoms with Crippen molar-refractivity contribution in [3.05, 3.63) is 46.3 Å². The molecule has 1 N–H and O–H groups in total. The fraction of sp³-hybridized carbons (Fsp3) is 0.440. The molecule has 1 aliphatic heterocycles. The van der Waals surface area contributed by atoms with Crippen LogP contribution < -0.4 is 9.62 Å². The minimum atomic E-state index is -0.306. The van der Waals surface area contributed by atoms with E-state index < -0.39 is 0 Å².